The van der Waals surface area contributed by atoms with Gasteiger partial charge in [0, 0.05) is 25.7 Å². The van der Waals surface area contributed by atoms with E-state index in [2.05, 4.69) is 10.0 Å². The third kappa shape index (κ3) is 3.93. The molecule has 0 aromatic rings. The van der Waals surface area contributed by atoms with Crippen LogP contribution in [0.4, 0.5) is 0 Å². The fourth-order valence-corrected chi connectivity index (χ4v) is 2.48. The quantitative estimate of drug-likeness (QED) is 0.635. The first-order chi connectivity index (χ1) is 7.96. The van der Waals surface area contributed by atoms with Gasteiger partial charge in [0.15, 0.2) is 0 Å². The molecule has 1 saturated heterocycles. The Balaban J connectivity index is 1.73. The van der Waals surface area contributed by atoms with E-state index in [1.54, 1.807) is 4.90 Å². The molecule has 6 nitrogen and oxygen atoms in total. The SMILES string of the molecule is CS(=O)(=O)NCCN1CCC(NC2CC2)C1=O. The number of carbonyl (C=O) groups is 1. The fraction of sp³-hybridized carbons (Fsp3) is 0.900. The largest absolute Gasteiger partial charge is 0.340 e. The van der Waals surface area contributed by atoms with Gasteiger partial charge in [0.05, 0.1) is 12.3 Å². The number of hydrogen-bond acceptors (Lipinski definition) is 4. The molecule has 2 N–H and O–H groups in total. The molecule has 0 bridgehead atoms. The average Bonchev–Trinajstić information content (AvgIpc) is 2.96. The first kappa shape index (κ1) is 12.8. The molecule has 1 saturated carbocycles. The van der Waals surface area contributed by atoms with Crippen molar-refractivity contribution >= 4 is 15.9 Å². The Morgan fingerprint density at radius 1 is 1.35 bits per heavy atom. The maximum atomic E-state index is 11.9. The molecule has 7 heteroatoms. The second kappa shape index (κ2) is 4.91. The molecule has 1 aliphatic carbocycles. The summed E-state index contributed by atoms with van der Waals surface area (Å²) in [5.74, 6) is 0.104. The summed E-state index contributed by atoms with van der Waals surface area (Å²) < 4.78 is 24.2. The normalized spacial score (nSPS) is 25.6. The summed E-state index contributed by atoms with van der Waals surface area (Å²) in [5, 5.41) is 3.31. The maximum absolute atomic E-state index is 11.9. The molecule has 98 valence electrons. The molecule has 17 heavy (non-hydrogen) atoms. The lowest BCUT2D eigenvalue weighted by Gasteiger charge is -2.17. The minimum Gasteiger partial charge on any atom is -0.340 e. The van der Waals surface area contributed by atoms with Crippen LogP contribution in [0.3, 0.4) is 0 Å². The predicted octanol–water partition coefficient (Wildman–Crippen LogP) is -1.11. The second-order valence-corrected chi connectivity index (χ2v) is 6.61. The van der Waals surface area contributed by atoms with E-state index in [0.29, 0.717) is 25.7 Å². The van der Waals surface area contributed by atoms with Crippen LogP contribution in [0.5, 0.6) is 0 Å². The van der Waals surface area contributed by atoms with Gasteiger partial charge in [-0.15, -0.1) is 0 Å². The van der Waals surface area contributed by atoms with Crippen LogP contribution in [0.2, 0.25) is 0 Å². The zero-order valence-electron chi connectivity index (χ0n) is 9.98. The highest BCUT2D eigenvalue weighted by Crippen LogP contribution is 2.22. The minimum atomic E-state index is -3.16. The first-order valence-electron chi connectivity index (χ1n) is 5.95. The van der Waals surface area contributed by atoms with Gasteiger partial charge in [-0.2, -0.15) is 0 Å². The zero-order chi connectivity index (χ0) is 12.5. The van der Waals surface area contributed by atoms with Crippen molar-refractivity contribution in [1.82, 2.24) is 14.9 Å². The number of nitrogens with zero attached hydrogens (tertiary/aromatic N) is 1. The van der Waals surface area contributed by atoms with Crippen molar-refractivity contribution in [1.29, 1.82) is 0 Å². The molecule has 1 unspecified atom stereocenters. The summed E-state index contributed by atoms with van der Waals surface area (Å²) in [4.78, 5) is 13.6. The van der Waals surface area contributed by atoms with Crippen LogP contribution >= 0.6 is 0 Å². The second-order valence-electron chi connectivity index (χ2n) is 4.77. The van der Waals surface area contributed by atoms with E-state index in [4.69, 9.17) is 0 Å². The number of amides is 1. The number of hydrogen-bond donors (Lipinski definition) is 2. The van der Waals surface area contributed by atoms with Gasteiger partial charge in [0.1, 0.15) is 0 Å². The Morgan fingerprint density at radius 2 is 2.06 bits per heavy atom. The Morgan fingerprint density at radius 3 is 2.65 bits per heavy atom. The van der Waals surface area contributed by atoms with Crippen molar-refractivity contribution < 1.29 is 13.2 Å². The topological polar surface area (TPSA) is 78.5 Å². The molecule has 2 rings (SSSR count). The summed E-state index contributed by atoms with van der Waals surface area (Å²) in [7, 11) is -3.16. The van der Waals surface area contributed by atoms with Gasteiger partial charge < -0.3 is 10.2 Å². The molecule has 2 fully saturated rings. The van der Waals surface area contributed by atoms with Crippen LogP contribution in [0.15, 0.2) is 0 Å². The Labute approximate surface area is 102 Å². The van der Waals surface area contributed by atoms with E-state index < -0.39 is 10.0 Å². The summed E-state index contributed by atoms with van der Waals surface area (Å²) in [5.41, 5.74) is 0. The molecule has 1 amide bonds. The van der Waals surface area contributed by atoms with Crippen LogP contribution in [-0.4, -0.2) is 57.2 Å². The molecule has 1 atom stereocenters. The lowest BCUT2D eigenvalue weighted by atomic mass is 10.2. The molecule has 1 heterocycles. The summed E-state index contributed by atoms with van der Waals surface area (Å²) in [6, 6.07) is 0.471. The van der Waals surface area contributed by atoms with E-state index in [0.717, 1.165) is 12.7 Å². The minimum absolute atomic E-state index is 0.0549. The summed E-state index contributed by atoms with van der Waals surface area (Å²) >= 11 is 0. The third-order valence-electron chi connectivity index (χ3n) is 3.06. The first-order valence-corrected chi connectivity index (χ1v) is 7.84. The van der Waals surface area contributed by atoms with Gasteiger partial charge >= 0.3 is 0 Å². The maximum Gasteiger partial charge on any atom is 0.239 e. The van der Waals surface area contributed by atoms with Gasteiger partial charge in [-0.05, 0) is 19.3 Å². The molecule has 2 aliphatic rings. The molecule has 0 aromatic heterocycles. The van der Waals surface area contributed by atoms with Crippen LogP contribution < -0.4 is 10.0 Å². The van der Waals surface area contributed by atoms with Gasteiger partial charge in [0.25, 0.3) is 0 Å². The van der Waals surface area contributed by atoms with Crippen LogP contribution in [0.1, 0.15) is 19.3 Å². The van der Waals surface area contributed by atoms with Crippen molar-refractivity contribution in [2.75, 3.05) is 25.9 Å². The van der Waals surface area contributed by atoms with Crippen LogP contribution in [0, 0.1) is 0 Å². The van der Waals surface area contributed by atoms with Crippen LogP contribution in [-0.2, 0) is 14.8 Å². The van der Waals surface area contributed by atoms with E-state index in [1.165, 1.54) is 12.8 Å². The molecule has 0 spiro atoms. The number of nitrogens with one attached hydrogen (secondary N) is 2. The lowest BCUT2D eigenvalue weighted by molar-refractivity contribution is -0.129. The lowest BCUT2D eigenvalue weighted by Crippen LogP contribution is -2.41. The smallest absolute Gasteiger partial charge is 0.239 e. The van der Waals surface area contributed by atoms with Gasteiger partial charge in [-0.1, -0.05) is 0 Å². The van der Waals surface area contributed by atoms with Gasteiger partial charge in [-0.3, -0.25) is 4.79 Å². The molecular weight excluding hydrogens is 242 g/mol. The fourth-order valence-electron chi connectivity index (χ4n) is 2.02. The predicted molar refractivity (Wildman–Crippen MR) is 64.0 cm³/mol. The third-order valence-corrected chi connectivity index (χ3v) is 3.79. The molecule has 0 radical (unpaired) electrons. The zero-order valence-corrected chi connectivity index (χ0v) is 10.8. The molecule has 0 aromatic carbocycles. The van der Waals surface area contributed by atoms with Crippen molar-refractivity contribution in [3.05, 3.63) is 0 Å². The average molecular weight is 261 g/mol. The van der Waals surface area contributed by atoms with E-state index in [-0.39, 0.29) is 11.9 Å². The Hall–Kier alpha value is -0.660. The van der Waals surface area contributed by atoms with Crippen molar-refractivity contribution in [3.63, 3.8) is 0 Å². The number of likely N-dealkylation sites (tertiary alicyclic amines) is 1. The van der Waals surface area contributed by atoms with E-state index in [9.17, 15) is 13.2 Å². The van der Waals surface area contributed by atoms with E-state index >= 15 is 0 Å². The standard InChI is InChI=1S/C10H19N3O3S/c1-17(15,16)11-5-7-13-6-4-9(10(13)14)12-8-2-3-8/h8-9,11-12H,2-7H2,1H3. The highest BCUT2D eigenvalue weighted by molar-refractivity contribution is 7.88. The Bertz CT molecular complexity index is 392. The van der Waals surface area contributed by atoms with Crippen LogP contribution in [0.25, 0.3) is 0 Å². The number of carbonyl (C=O) groups excluding carboxylic acids is 1. The van der Waals surface area contributed by atoms with Crippen molar-refractivity contribution in [2.24, 2.45) is 0 Å². The monoisotopic (exact) mass is 261 g/mol. The van der Waals surface area contributed by atoms with Gasteiger partial charge in [0.2, 0.25) is 15.9 Å². The number of rotatable bonds is 6. The molecular formula is C10H19N3O3S. The number of sulfonamides is 1. The highest BCUT2D eigenvalue weighted by Gasteiger charge is 2.35. The van der Waals surface area contributed by atoms with Crippen molar-refractivity contribution in [3.8, 4) is 0 Å². The Kier molecular flexibility index (Phi) is 3.70. The summed E-state index contributed by atoms with van der Waals surface area (Å²) in [6.07, 6.45) is 4.28. The summed E-state index contributed by atoms with van der Waals surface area (Å²) in [6.45, 7) is 1.46. The van der Waals surface area contributed by atoms with Gasteiger partial charge in [-0.25, -0.2) is 13.1 Å². The van der Waals surface area contributed by atoms with E-state index in [1.807, 2.05) is 0 Å². The molecule has 1 aliphatic heterocycles. The highest BCUT2D eigenvalue weighted by atomic mass is 32.2. The van der Waals surface area contributed by atoms with Crippen molar-refractivity contribution in [2.45, 2.75) is 31.3 Å².